The Morgan fingerprint density at radius 2 is 1.85 bits per heavy atom. The van der Waals surface area contributed by atoms with Crippen LogP contribution >= 0.6 is 0 Å². The fourth-order valence-electron chi connectivity index (χ4n) is 3.17. The zero-order valence-electron chi connectivity index (χ0n) is 18.3. The molecule has 0 radical (unpaired) electrons. The number of likely N-dealkylation sites (N-methyl/N-ethyl adjacent to an activating group) is 1. The van der Waals surface area contributed by atoms with Crippen molar-refractivity contribution in [2.45, 2.75) is 17.9 Å². The number of benzene rings is 2. The highest BCUT2D eigenvalue weighted by Crippen LogP contribution is 2.24. The molecule has 0 aliphatic carbocycles. The zero-order valence-corrected chi connectivity index (χ0v) is 19.1. The first-order valence-electron chi connectivity index (χ1n) is 9.94. The maximum absolute atomic E-state index is 12.6. The van der Waals surface area contributed by atoms with Crippen LogP contribution in [0.1, 0.15) is 27.7 Å². The quantitative estimate of drug-likeness (QED) is 0.360. The molecule has 0 saturated carbocycles. The molecular formula is C22H24N4O6S. The third kappa shape index (κ3) is 5.76. The number of nitrogens with zero attached hydrogens (tertiary/aromatic N) is 2. The summed E-state index contributed by atoms with van der Waals surface area (Å²) in [5.74, 6) is 0.401. The molecule has 1 heterocycles. The molecule has 0 spiro atoms. The topological polar surface area (TPSA) is 135 Å². The molecule has 1 amide bonds. The van der Waals surface area contributed by atoms with Crippen molar-refractivity contribution in [3.8, 4) is 0 Å². The minimum absolute atomic E-state index is 0.145. The molecule has 1 atom stereocenters. The number of carbonyl (C=O) groups excluding carboxylic acids is 1. The molecule has 0 saturated heterocycles. The number of nitro groups is 1. The predicted octanol–water partition coefficient (Wildman–Crippen LogP) is 3.33. The lowest BCUT2D eigenvalue weighted by Gasteiger charge is -2.22. The Hall–Kier alpha value is -3.70. The van der Waals surface area contributed by atoms with Gasteiger partial charge in [0.1, 0.15) is 5.76 Å². The van der Waals surface area contributed by atoms with Crippen LogP contribution in [0.3, 0.4) is 0 Å². The third-order valence-corrected chi connectivity index (χ3v) is 6.42. The van der Waals surface area contributed by atoms with Crippen molar-refractivity contribution in [3.63, 3.8) is 0 Å². The molecule has 0 aliphatic rings. The zero-order chi connectivity index (χ0) is 24.2. The van der Waals surface area contributed by atoms with Gasteiger partial charge in [-0.05, 0) is 63.5 Å². The highest BCUT2D eigenvalue weighted by Gasteiger charge is 2.21. The van der Waals surface area contributed by atoms with Gasteiger partial charge in [0.05, 0.1) is 22.1 Å². The predicted molar refractivity (Wildman–Crippen MR) is 123 cm³/mol. The summed E-state index contributed by atoms with van der Waals surface area (Å²) in [5.41, 5.74) is 0.644. The number of sulfonamides is 1. The van der Waals surface area contributed by atoms with Gasteiger partial charge in [0.25, 0.3) is 21.6 Å². The monoisotopic (exact) mass is 472 g/mol. The first kappa shape index (κ1) is 24.0. The number of nitrogens with one attached hydrogen (secondary N) is 2. The fourth-order valence-corrected chi connectivity index (χ4v) is 4.24. The largest absolute Gasteiger partial charge is 0.468 e. The van der Waals surface area contributed by atoms with Crippen LogP contribution < -0.4 is 10.0 Å². The maximum atomic E-state index is 12.6. The number of amides is 1. The smallest absolute Gasteiger partial charge is 0.273 e. The Balaban J connectivity index is 1.68. The van der Waals surface area contributed by atoms with Gasteiger partial charge in [0.2, 0.25) is 0 Å². The lowest BCUT2D eigenvalue weighted by molar-refractivity contribution is -0.385. The summed E-state index contributed by atoms with van der Waals surface area (Å²) in [5, 5.41) is 13.9. The van der Waals surface area contributed by atoms with Crippen molar-refractivity contribution in [1.29, 1.82) is 0 Å². The van der Waals surface area contributed by atoms with E-state index in [1.165, 1.54) is 43.3 Å². The van der Waals surface area contributed by atoms with Crippen molar-refractivity contribution in [2.75, 3.05) is 25.4 Å². The lowest BCUT2D eigenvalue weighted by atomic mass is 10.1. The molecule has 0 bridgehead atoms. The van der Waals surface area contributed by atoms with Gasteiger partial charge in [-0.1, -0.05) is 6.07 Å². The molecule has 3 rings (SSSR count). The van der Waals surface area contributed by atoms with Crippen LogP contribution in [0.25, 0.3) is 0 Å². The van der Waals surface area contributed by atoms with Gasteiger partial charge in [0, 0.05) is 29.4 Å². The second-order valence-electron chi connectivity index (χ2n) is 7.59. The summed E-state index contributed by atoms with van der Waals surface area (Å²) in [4.78, 5) is 24.7. The Morgan fingerprint density at radius 1 is 1.15 bits per heavy atom. The van der Waals surface area contributed by atoms with Crippen molar-refractivity contribution < 1.29 is 22.6 Å². The first-order valence-corrected chi connectivity index (χ1v) is 11.4. The minimum Gasteiger partial charge on any atom is -0.468 e. The number of rotatable bonds is 9. The van der Waals surface area contributed by atoms with Gasteiger partial charge in [-0.25, -0.2) is 8.42 Å². The molecular weight excluding hydrogens is 448 g/mol. The van der Waals surface area contributed by atoms with Crippen LogP contribution in [0.15, 0.2) is 70.2 Å². The summed E-state index contributed by atoms with van der Waals surface area (Å²) in [6, 6.07) is 13.0. The van der Waals surface area contributed by atoms with Gasteiger partial charge >= 0.3 is 0 Å². The standard InChI is InChI=1S/C22H24N4O6S/c1-15-6-11-18(13-19(15)26(28)29)33(30,31)24-17-9-7-16(8-10-17)22(27)23-14-20(25(2)3)21-5-4-12-32-21/h4-13,20,24H,14H2,1-3H3,(H,23,27). The number of hydrogen-bond acceptors (Lipinski definition) is 7. The van der Waals surface area contributed by atoms with Crippen LogP contribution in [-0.2, 0) is 10.0 Å². The first-order chi connectivity index (χ1) is 15.6. The van der Waals surface area contributed by atoms with Crippen LogP contribution in [0, 0.1) is 17.0 Å². The van der Waals surface area contributed by atoms with Crippen LogP contribution in [0.4, 0.5) is 11.4 Å². The van der Waals surface area contributed by atoms with Crippen molar-refractivity contribution in [2.24, 2.45) is 0 Å². The molecule has 3 aromatic rings. The molecule has 0 aliphatic heterocycles. The van der Waals surface area contributed by atoms with E-state index in [0.717, 1.165) is 11.8 Å². The van der Waals surface area contributed by atoms with E-state index in [4.69, 9.17) is 4.42 Å². The fraction of sp³-hybridized carbons (Fsp3) is 0.227. The number of hydrogen-bond donors (Lipinski definition) is 2. The Bertz CT molecular complexity index is 1240. The third-order valence-electron chi connectivity index (χ3n) is 5.04. The molecule has 33 heavy (non-hydrogen) atoms. The summed E-state index contributed by atoms with van der Waals surface area (Å²) in [7, 11) is -0.290. The average molecular weight is 473 g/mol. The van der Waals surface area contributed by atoms with Crippen molar-refractivity contribution >= 4 is 27.3 Å². The van der Waals surface area contributed by atoms with E-state index in [9.17, 15) is 23.3 Å². The van der Waals surface area contributed by atoms with Gasteiger partial charge in [-0.3, -0.25) is 24.5 Å². The van der Waals surface area contributed by atoms with E-state index >= 15 is 0 Å². The minimum atomic E-state index is -4.05. The van der Waals surface area contributed by atoms with Gasteiger partial charge in [-0.15, -0.1) is 0 Å². The Kier molecular flexibility index (Phi) is 7.14. The summed E-state index contributed by atoms with van der Waals surface area (Å²) in [6.45, 7) is 1.85. The van der Waals surface area contributed by atoms with E-state index in [-0.39, 0.29) is 28.2 Å². The lowest BCUT2D eigenvalue weighted by Crippen LogP contribution is -2.34. The van der Waals surface area contributed by atoms with E-state index in [2.05, 4.69) is 10.0 Å². The van der Waals surface area contributed by atoms with E-state index < -0.39 is 14.9 Å². The SMILES string of the molecule is Cc1ccc(S(=O)(=O)Nc2ccc(C(=O)NCC(c3ccco3)N(C)C)cc2)cc1[N+](=O)[O-]. The van der Waals surface area contributed by atoms with Gasteiger partial charge in [-0.2, -0.15) is 0 Å². The molecule has 2 N–H and O–H groups in total. The molecule has 1 unspecified atom stereocenters. The van der Waals surface area contributed by atoms with E-state index in [1.54, 1.807) is 12.3 Å². The Labute approximate surface area is 191 Å². The maximum Gasteiger partial charge on any atom is 0.273 e. The van der Waals surface area contributed by atoms with E-state index in [1.807, 2.05) is 25.1 Å². The second kappa shape index (κ2) is 9.84. The van der Waals surface area contributed by atoms with Crippen LogP contribution in [-0.4, -0.2) is 44.8 Å². The summed E-state index contributed by atoms with van der Waals surface area (Å²) in [6.07, 6.45) is 1.57. The number of anilines is 1. The van der Waals surface area contributed by atoms with Crippen molar-refractivity contribution in [1.82, 2.24) is 10.2 Å². The van der Waals surface area contributed by atoms with Crippen LogP contribution in [0.5, 0.6) is 0 Å². The number of carbonyl (C=O) groups is 1. The normalized spacial score (nSPS) is 12.4. The van der Waals surface area contributed by atoms with E-state index in [0.29, 0.717) is 17.7 Å². The number of furan rings is 1. The molecule has 11 heteroatoms. The summed E-state index contributed by atoms with van der Waals surface area (Å²) < 4.78 is 33.1. The molecule has 2 aromatic carbocycles. The molecule has 174 valence electrons. The number of aryl methyl sites for hydroxylation is 1. The van der Waals surface area contributed by atoms with Crippen LogP contribution in [0.2, 0.25) is 0 Å². The average Bonchev–Trinajstić information content (AvgIpc) is 3.28. The number of nitro benzene ring substituents is 1. The molecule has 0 fully saturated rings. The van der Waals surface area contributed by atoms with Gasteiger partial charge < -0.3 is 9.73 Å². The second-order valence-corrected chi connectivity index (χ2v) is 9.28. The summed E-state index contributed by atoms with van der Waals surface area (Å²) >= 11 is 0. The molecule has 10 nitrogen and oxygen atoms in total. The molecule has 1 aromatic heterocycles. The highest BCUT2D eigenvalue weighted by molar-refractivity contribution is 7.92. The van der Waals surface area contributed by atoms with Crippen molar-refractivity contribution in [3.05, 3.63) is 87.9 Å². The highest BCUT2D eigenvalue weighted by atomic mass is 32.2. The Morgan fingerprint density at radius 3 is 2.42 bits per heavy atom. The van der Waals surface area contributed by atoms with Gasteiger partial charge in [0.15, 0.2) is 0 Å².